The van der Waals surface area contributed by atoms with E-state index in [1.54, 1.807) is 12.0 Å². The molecule has 1 fully saturated rings. The summed E-state index contributed by atoms with van der Waals surface area (Å²) < 4.78 is 18.3. The number of ether oxygens (including phenoxy) is 1. The average Bonchev–Trinajstić information content (AvgIpc) is 2.61. The van der Waals surface area contributed by atoms with E-state index in [4.69, 9.17) is 10.5 Å². The third kappa shape index (κ3) is 3.57. The molecule has 1 amide bonds. The molecular formula is C19H21FN2O2. The first-order valence-electron chi connectivity index (χ1n) is 8.01. The molecule has 126 valence electrons. The molecule has 0 aromatic heterocycles. The summed E-state index contributed by atoms with van der Waals surface area (Å²) in [6.07, 6.45) is 0.820. The molecular weight excluding hydrogens is 307 g/mol. The number of hydrogen-bond donors (Lipinski definition) is 1. The Morgan fingerprint density at radius 2 is 1.96 bits per heavy atom. The van der Waals surface area contributed by atoms with Crippen molar-refractivity contribution in [1.82, 2.24) is 4.90 Å². The molecule has 0 radical (unpaired) electrons. The Bertz CT molecular complexity index is 718. The lowest BCUT2D eigenvalue weighted by Crippen LogP contribution is -2.48. The van der Waals surface area contributed by atoms with Crippen LogP contribution in [-0.4, -0.2) is 37.0 Å². The molecule has 1 saturated heterocycles. The van der Waals surface area contributed by atoms with Gasteiger partial charge in [0.15, 0.2) is 0 Å². The summed E-state index contributed by atoms with van der Waals surface area (Å²) in [6, 6.07) is 13.4. The highest BCUT2D eigenvalue weighted by Crippen LogP contribution is 2.29. The van der Waals surface area contributed by atoms with E-state index in [0.717, 1.165) is 17.7 Å². The Kier molecular flexibility index (Phi) is 4.81. The Morgan fingerprint density at radius 1 is 1.21 bits per heavy atom. The first-order valence-corrected chi connectivity index (χ1v) is 8.01. The molecule has 1 aliphatic rings. The van der Waals surface area contributed by atoms with Gasteiger partial charge in [-0.25, -0.2) is 4.39 Å². The van der Waals surface area contributed by atoms with Gasteiger partial charge in [0.25, 0.3) is 5.91 Å². The lowest BCUT2D eigenvalue weighted by atomic mass is 9.88. The fraction of sp³-hybridized carbons (Fsp3) is 0.316. The van der Waals surface area contributed by atoms with Crippen LogP contribution >= 0.6 is 0 Å². The molecule has 2 aromatic rings. The number of carbonyl (C=O) groups is 1. The monoisotopic (exact) mass is 328 g/mol. The van der Waals surface area contributed by atoms with Gasteiger partial charge in [-0.05, 0) is 48.4 Å². The van der Waals surface area contributed by atoms with E-state index in [-0.39, 0.29) is 23.7 Å². The van der Waals surface area contributed by atoms with Gasteiger partial charge in [0.05, 0.1) is 7.11 Å². The van der Waals surface area contributed by atoms with Gasteiger partial charge in [-0.1, -0.05) is 12.1 Å². The molecule has 2 N–H and O–H groups in total. The maximum atomic E-state index is 13.1. The van der Waals surface area contributed by atoms with E-state index in [0.29, 0.717) is 18.7 Å². The van der Waals surface area contributed by atoms with Crippen molar-refractivity contribution in [3.63, 3.8) is 0 Å². The van der Waals surface area contributed by atoms with Gasteiger partial charge >= 0.3 is 0 Å². The summed E-state index contributed by atoms with van der Waals surface area (Å²) in [6.45, 7) is 1.10. The minimum atomic E-state index is -0.351. The molecule has 4 nitrogen and oxygen atoms in total. The van der Waals surface area contributed by atoms with Crippen molar-refractivity contribution < 1.29 is 13.9 Å². The van der Waals surface area contributed by atoms with Crippen LogP contribution in [0.4, 0.5) is 4.39 Å². The Balaban J connectivity index is 1.80. The van der Waals surface area contributed by atoms with Crippen LogP contribution in [0.3, 0.4) is 0 Å². The number of piperidine rings is 1. The van der Waals surface area contributed by atoms with E-state index in [9.17, 15) is 9.18 Å². The van der Waals surface area contributed by atoms with Crippen LogP contribution in [0.15, 0.2) is 48.5 Å². The normalized spacial score (nSPS) is 20.7. The van der Waals surface area contributed by atoms with Crippen LogP contribution in [0.2, 0.25) is 0 Å². The molecule has 0 spiro atoms. The molecule has 5 heteroatoms. The number of carbonyl (C=O) groups excluding carboxylic acids is 1. The van der Waals surface area contributed by atoms with Crippen LogP contribution in [0, 0.1) is 5.82 Å². The van der Waals surface area contributed by atoms with E-state index in [2.05, 4.69) is 0 Å². The van der Waals surface area contributed by atoms with E-state index in [1.165, 1.54) is 24.3 Å². The summed E-state index contributed by atoms with van der Waals surface area (Å²) in [5.41, 5.74) is 7.77. The van der Waals surface area contributed by atoms with E-state index in [1.807, 2.05) is 24.3 Å². The molecule has 1 aliphatic heterocycles. The zero-order chi connectivity index (χ0) is 17.1. The fourth-order valence-electron chi connectivity index (χ4n) is 3.22. The van der Waals surface area contributed by atoms with Crippen LogP contribution in [0.1, 0.15) is 28.3 Å². The van der Waals surface area contributed by atoms with Crippen LogP contribution < -0.4 is 10.5 Å². The Morgan fingerprint density at radius 3 is 2.67 bits per heavy atom. The van der Waals surface area contributed by atoms with Crippen LogP contribution in [0.25, 0.3) is 0 Å². The van der Waals surface area contributed by atoms with E-state index >= 15 is 0 Å². The molecule has 0 saturated carbocycles. The highest BCUT2D eigenvalue weighted by Gasteiger charge is 2.29. The van der Waals surface area contributed by atoms with Gasteiger partial charge in [-0.15, -0.1) is 0 Å². The summed E-state index contributed by atoms with van der Waals surface area (Å²) in [7, 11) is 1.64. The lowest BCUT2D eigenvalue weighted by molar-refractivity contribution is 0.0689. The third-order valence-corrected chi connectivity index (χ3v) is 4.43. The first kappa shape index (κ1) is 16.5. The zero-order valence-corrected chi connectivity index (χ0v) is 13.6. The Labute approximate surface area is 141 Å². The maximum absolute atomic E-state index is 13.1. The number of methoxy groups -OCH3 is 1. The molecule has 2 atom stereocenters. The van der Waals surface area contributed by atoms with Crippen LogP contribution in [-0.2, 0) is 0 Å². The molecule has 0 bridgehead atoms. The predicted molar refractivity (Wildman–Crippen MR) is 90.6 cm³/mol. The van der Waals surface area contributed by atoms with Crippen molar-refractivity contribution in [1.29, 1.82) is 0 Å². The summed E-state index contributed by atoms with van der Waals surface area (Å²) in [5, 5.41) is 0. The molecule has 3 rings (SSSR count). The van der Waals surface area contributed by atoms with Crippen molar-refractivity contribution in [2.45, 2.75) is 18.4 Å². The summed E-state index contributed by atoms with van der Waals surface area (Å²) in [4.78, 5) is 14.4. The minimum Gasteiger partial charge on any atom is -0.497 e. The number of hydrogen-bond acceptors (Lipinski definition) is 3. The van der Waals surface area contributed by atoms with Crippen molar-refractivity contribution in [2.75, 3.05) is 20.2 Å². The third-order valence-electron chi connectivity index (χ3n) is 4.43. The maximum Gasteiger partial charge on any atom is 0.253 e. The highest BCUT2D eigenvalue weighted by molar-refractivity contribution is 5.94. The van der Waals surface area contributed by atoms with Gasteiger partial charge in [0, 0.05) is 30.6 Å². The summed E-state index contributed by atoms with van der Waals surface area (Å²) >= 11 is 0. The second kappa shape index (κ2) is 7.01. The Hall–Kier alpha value is -2.40. The number of nitrogens with zero attached hydrogens (tertiary/aromatic N) is 1. The second-order valence-corrected chi connectivity index (χ2v) is 6.19. The van der Waals surface area contributed by atoms with E-state index < -0.39 is 0 Å². The molecule has 2 aromatic carbocycles. The van der Waals surface area contributed by atoms with Crippen molar-refractivity contribution in [3.8, 4) is 5.75 Å². The SMILES string of the molecule is COc1cccc(C2CC(N)CN(C(=O)c3ccc(F)cc3)C2)c1. The quantitative estimate of drug-likeness (QED) is 0.942. The van der Waals surface area contributed by atoms with Crippen molar-refractivity contribution in [3.05, 3.63) is 65.5 Å². The number of amides is 1. The molecule has 2 unspecified atom stereocenters. The lowest BCUT2D eigenvalue weighted by Gasteiger charge is -2.36. The average molecular weight is 328 g/mol. The summed E-state index contributed by atoms with van der Waals surface area (Å²) in [5.74, 6) is 0.491. The molecule has 0 aliphatic carbocycles. The number of likely N-dealkylation sites (tertiary alicyclic amines) is 1. The van der Waals surface area contributed by atoms with Crippen LogP contribution in [0.5, 0.6) is 5.75 Å². The standard InChI is InChI=1S/C19H21FN2O2/c1-24-18-4-2-3-14(10-18)15-9-17(21)12-22(11-15)19(23)13-5-7-16(20)8-6-13/h2-8,10,15,17H,9,11-12,21H2,1H3. The molecule has 24 heavy (non-hydrogen) atoms. The topological polar surface area (TPSA) is 55.6 Å². The van der Waals surface area contributed by atoms with Gasteiger partial charge < -0.3 is 15.4 Å². The van der Waals surface area contributed by atoms with Gasteiger partial charge in [-0.2, -0.15) is 0 Å². The minimum absolute atomic E-state index is 0.0839. The fourth-order valence-corrected chi connectivity index (χ4v) is 3.22. The number of nitrogens with two attached hydrogens (primary N) is 1. The molecule has 1 heterocycles. The van der Waals surface area contributed by atoms with Crippen molar-refractivity contribution >= 4 is 5.91 Å². The second-order valence-electron chi connectivity index (χ2n) is 6.19. The smallest absolute Gasteiger partial charge is 0.253 e. The zero-order valence-electron chi connectivity index (χ0n) is 13.6. The first-order chi connectivity index (χ1) is 11.6. The number of halogens is 1. The predicted octanol–water partition coefficient (Wildman–Crippen LogP) is 2.79. The number of benzene rings is 2. The number of rotatable bonds is 3. The highest BCUT2D eigenvalue weighted by atomic mass is 19.1. The van der Waals surface area contributed by atoms with Crippen molar-refractivity contribution in [2.24, 2.45) is 5.73 Å². The van der Waals surface area contributed by atoms with Gasteiger partial charge in [0.1, 0.15) is 11.6 Å². The largest absolute Gasteiger partial charge is 0.497 e. The van der Waals surface area contributed by atoms with Gasteiger partial charge in [-0.3, -0.25) is 4.79 Å². The van der Waals surface area contributed by atoms with Gasteiger partial charge in [0.2, 0.25) is 0 Å².